The number of anilines is 1. The van der Waals surface area contributed by atoms with E-state index < -0.39 is 0 Å². The smallest absolute Gasteiger partial charge is 0.152 e. The molecule has 1 aliphatic rings. The van der Waals surface area contributed by atoms with E-state index in [4.69, 9.17) is 15.2 Å². The van der Waals surface area contributed by atoms with E-state index in [0.29, 0.717) is 37.8 Å². The van der Waals surface area contributed by atoms with E-state index in [-0.39, 0.29) is 11.9 Å². The van der Waals surface area contributed by atoms with Crippen molar-refractivity contribution >= 4 is 27.8 Å². The second-order valence-corrected chi connectivity index (χ2v) is 6.92. The van der Waals surface area contributed by atoms with Crippen LogP contribution in [0.4, 0.5) is 10.2 Å². The minimum Gasteiger partial charge on any atom is -0.382 e. The van der Waals surface area contributed by atoms with Gasteiger partial charge in [-0.1, -0.05) is 30.3 Å². The quantitative estimate of drug-likeness (QED) is 0.587. The van der Waals surface area contributed by atoms with Gasteiger partial charge in [0.15, 0.2) is 5.82 Å². The molecule has 0 amide bonds. The van der Waals surface area contributed by atoms with Crippen LogP contribution in [0.25, 0.3) is 21.9 Å². The predicted octanol–water partition coefficient (Wildman–Crippen LogP) is 3.59. The third kappa shape index (κ3) is 2.89. The number of nitrogens with two attached hydrogens (primary N) is 1. The Morgan fingerprint density at radius 3 is 2.82 bits per heavy atom. The molecule has 28 heavy (non-hydrogen) atoms. The highest BCUT2D eigenvalue weighted by atomic mass is 19.1. The van der Waals surface area contributed by atoms with Crippen molar-refractivity contribution < 1.29 is 13.9 Å². The van der Waals surface area contributed by atoms with Crippen LogP contribution in [0, 0.1) is 5.82 Å². The summed E-state index contributed by atoms with van der Waals surface area (Å²) in [6.07, 6.45) is 0. The number of pyridine rings is 1. The zero-order valence-electron chi connectivity index (χ0n) is 15.1. The Hall–Kier alpha value is -3.03. The van der Waals surface area contributed by atoms with Crippen LogP contribution >= 0.6 is 0 Å². The second-order valence-electron chi connectivity index (χ2n) is 6.92. The summed E-state index contributed by atoms with van der Waals surface area (Å²) in [5.41, 5.74) is 9.61. The number of nitrogen functional groups attached to an aromatic ring is 1. The number of hydrogen-bond donors (Lipinski definition) is 1. The topological polar surface area (TPSA) is 75.2 Å². The van der Waals surface area contributed by atoms with Crippen molar-refractivity contribution in [2.24, 2.45) is 0 Å². The van der Waals surface area contributed by atoms with Crippen molar-refractivity contribution in [3.8, 4) is 0 Å². The Kier molecular flexibility index (Phi) is 4.18. The van der Waals surface area contributed by atoms with E-state index >= 15 is 0 Å². The number of halogens is 1. The highest BCUT2D eigenvalue weighted by molar-refractivity contribution is 6.06. The number of fused-ring (bicyclic) bond motifs is 5. The molecule has 2 aromatic heterocycles. The molecule has 5 rings (SSSR count). The van der Waals surface area contributed by atoms with Gasteiger partial charge in [-0.05, 0) is 23.8 Å². The largest absolute Gasteiger partial charge is 0.382 e. The number of benzene rings is 2. The maximum absolute atomic E-state index is 13.1. The molecule has 0 radical (unpaired) electrons. The Morgan fingerprint density at radius 1 is 1.14 bits per heavy atom. The summed E-state index contributed by atoms with van der Waals surface area (Å²) in [6, 6.07) is 14.2. The first-order valence-electron chi connectivity index (χ1n) is 9.15. The van der Waals surface area contributed by atoms with Gasteiger partial charge >= 0.3 is 0 Å². The number of hydrogen-bond acceptors (Lipinski definition) is 5. The lowest BCUT2D eigenvalue weighted by atomic mass is 10.1. The first kappa shape index (κ1) is 17.1. The van der Waals surface area contributed by atoms with Gasteiger partial charge in [-0.25, -0.2) is 14.4 Å². The fraction of sp³-hybridized carbons (Fsp3) is 0.238. The van der Waals surface area contributed by atoms with Gasteiger partial charge in [0.1, 0.15) is 23.8 Å². The zero-order chi connectivity index (χ0) is 19.1. The van der Waals surface area contributed by atoms with Crippen molar-refractivity contribution in [2.45, 2.75) is 19.3 Å². The van der Waals surface area contributed by atoms with Crippen LogP contribution in [0.15, 0.2) is 48.5 Å². The van der Waals surface area contributed by atoms with E-state index in [9.17, 15) is 4.39 Å². The summed E-state index contributed by atoms with van der Waals surface area (Å²) in [5, 5.41) is 1.01. The first-order valence-corrected chi connectivity index (χ1v) is 9.15. The van der Waals surface area contributed by atoms with Crippen molar-refractivity contribution in [1.29, 1.82) is 0 Å². The maximum Gasteiger partial charge on any atom is 0.152 e. The summed E-state index contributed by atoms with van der Waals surface area (Å²) in [6.45, 7) is 1.81. The fourth-order valence-corrected chi connectivity index (χ4v) is 3.74. The van der Waals surface area contributed by atoms with Gasteiger partial charge in [0.25, 0.3) is 0 Å². The van der Waals surface area contributed by atoms with Crippen LogP contribution in [-0.4, -0.2) is 27.7 Å². The highest BCUT2D eigenvalue weighted by Gasteiger charge is 2.26. The maximum atomic E-state index is 13.1. The summed E-state index contributed by atoms with van der Waals surface area (Å²) in [7, 11) is 0. The van der Waals surface area contributed by atoms with E-state index in [1.807, 2.05) is 24.3 Å². The first-order chi connectivity index (χ1) is 13.7. The summed E-state index contributed by atoms with van der Waals surface area (Å²) in [4.78, 5) is 9.16. The predicted molar refractivity (Wildman–Crippen MR) is 104 cm³/mol. The highest BCUT2D eigenvalue weighted by Crippen LogP contribution is 2.33. The number of nitrogens with zero attached hydrogens (tertiary/aromatic N) is 3. The molecule has 1 atom stereocenters. The van der Waals surface area contributed by atoms with Crippen LogP contribution < -0.4 is 5.73 Å². The lowest BCUT2D eigenvalue weighted by molar-refractivity contribution is 0.00841. The van der Waals surface area contributed by atoms with Crippen LogP contribution in [0.3, 0.4) is 0 Å². The molecule has 3 heterocycles. The van der Waals surface area contributed by atoms with Crippen LogP contribution in [-0.2, 0) is 22.7 Å². The fourth-order valence-electron chi connectivity index (χ4n) is 3.74. The van der Waals surface area contributed by atoms with E-state index in [2.05, 4.69) is 14.5 Å². The molecule has 0 unspecified atom stereocenters. The average molecular weight is 378 g/mol. The minimum atomic E-state index is -0.253. The molecule has 0 spiro atoms. The van der Waals surface area contributed by atoms with Gasteiger partial charge in [0.2, 0.25) is 0 Å². The lowest BCUT2D eigenvalue weighted by Gasteiger charge is -2.26. The van der Waals surface area contributed by atoms with Gasteiger partial charge in [0, 0.05) is 5.39 Å². The zero-order valence-corrected chi connectivity index (χ0v) is 15.1. The Labute approximate surface area is 160 Å². The van der Waals surface area contributed by atoms with Gasteiger partial charge in [-0.2, -0.15) is 0 Å². The van der Waals surface area contributed by atoms with Crippen molar-refractivity contribution in [1.82, 2.24) is 14.5 Å². The number of ether oxygens (including phenoxy) is 2. The molecule has 142 valence electrons. The third-order valence-corrected chi connectivity index (χ3v) is 5.03. The molecule has 0 saturated carbocycles. The molecule has 6 nitrogen and oxygen atoms in total. The SMILES string of the molecule is Nc1nc2ccccc2c2c1nc1n2[C@@H](COCc2ccc(F)cc2)COC1. The Morgan fingerprint density at radius 2 is 1.96 bits per heavy atom. The number of rotatable bonds is 4. The van der Waals surface area contributed by atoms with Crippen LogP contribution in [0.1, 0.15) is 17.4 Å². The molecule has 0 saturated heterocycles. The molecule has 1 aliphatic heterocycles. The molecule has 2 N–H and O–H groups in total. The molecule has 2 aromatic carbocycles. The van der Waals surface area contributed by atoms with Gasteiger partial charge in [-0.3, -0.25) is 0 Å². The lowest BCUT2D eigenvalue weighted by Crippen LogP contribution is -2.27. The molecule has 7 heteroatoms. The minimum absolute atomic E-state index is 0.0283. The van der Waals surface area contributed by atoms with Crippen molar-refractivity contribution in [2.75, 3.05) is 18.9 Å². The monoisotopic (exact) mass is 378 g/mol. The molecular weight excluding hydrogens is 359 g/mol. The standard InChI is InChI=1S/C21H19FN4O2/c22-14-7-5-13(6-8-14)9-27-10-15-11-28-12-18-25-19-20(26(15)18)16-3-1-2-4-17(16)24-21(19)23/h1-8,15H,9-12H2,(H2,23,24)/t15-/m0/s1. The molecule has 4 aromatic rings. The molecule has 0 fully saturated rings. The van der Waals surface area contributed by atoms with E-state index in [1.54, 1.807) is 12.1 Å². The average Bonchev–Trinajstić information content (AvgIpc) is 3.11. The summed E-state index contributed by atoms with van der Waals surface area (Å²) < 4.78 is 26.9. The molecular formula is C21H19FN4O2. The summed E-state index contributed by atoms with van der Waals surface area (Å²) >= 11 is 0. The molecule has 0 aliphatic carbocycles. The normalized spacial score (nSPS) is 16.5. The third-order valence-electron chi connectivity index (χ3n) is 5.03. The van der Waals surface area contributed by atoms with Crippen molar-refractivity contribution in [3.63, 3.8) is 0 Å². The number of para-hydroxylation sites is 1. The van der Waals surface area contributed by atoms with Gasteiger partial charge < -0.3 is 19.8 Å². The van der Waals surface area contributed by atoms with Gasteiger partial charge in [0.05, 0.1) is 36.9 Å². The number of aromatic nitrogens is 3. The summed E-state index contributed by atoms with van der Waals surface area (Å²) in [5.74, 6) is 0.986. The Bertz CT molecular complexity index is 1160. The van der Waals surface area contributed by atoms with Crippen LogP contribution in [0.2, 0.25) is 0 Å². The van der Waals surface area contributed by atoms with Crippen LogP contribution in [0.5, 0.6) is 0 Å². The Balaban J connectivity index is 1.49. The van der Waals surface area contributed by atoms with E-state index in [1.165, 1.54) is 12.1 Å². The van der Waals surface area contributed by atoms with Gasteiger partial charge in [-0.15, -0.1) is 0 Å². The van der Waals surface area contributed by atoms with Crippen molar-refractivity contribution in [3.05, 3.63) is 65.7 Å². The van der Waals surface area contributed by atoms with E-state index in [0.717, 1.165) is 27.8 Å². The second kappa shape index (κ2) is 6.85. The number of imidazole rings is 1. The molecule has 0 bridgehead atoms.